The maximum Gasteiger partial charge on any atom is 0.420 e. The van der Waals surface area contributed by atoms with Crippen molar-refractivity contribution in [3.05, 3.63) is 130 Å². The van der Waals surface area contributed by atoms with Gasteiger partial charge in [-0.15, -0.1) is 0 Å². The molecule has 264 valence electrons. The molecule has 50 heavy (non-hydrogen) atoms. The number of benzene rings is 4. The Morgan fingerprint density at radius 1 is 0.980 bits per heavy atom. The molecule has 4 aromatic carbocycles. The summed E-state index contributed by atoms with van der Waals surface area (Å²) in [7, 11) is -2.79. The molecule has 0 unspecified atom stereocenters. The van der Waals surface area contributed by atoms with Crippen LogP contribution in [-0.4, -0.2) is 63.0 Å². The molecule has 2 amide bonds. The number of carbonyl (C=O) groups excluding carboxylic acids is 2. The number of ether oxygens (including phenoxy) is 1. The van der Waals surface area contributed by atoms with Crippen molar-refractivity contribution >= 4 is 39.3 Å². The van der Waals surface area contributed by atoms with Gasteiger partial charge >= 0.3 is 6.09 Å². The van der Waals surface area contributed by atoms with Crippen molar-refractivity contribution in [1.29, 1.82) is 0 Å². The molecular formula is C37H39ClF2N4O5S. The molecule has 9 nitrogen and oxygen atoms in total. The van der Waals surface area contributed by atoms with Crippen LogP contribution in [0.3, 0.4) is 0 Å². The van der Waals surface area contributed by atoms with Crippen LogP contribution in [0.15, 0.2) is 102 Å². The zero-order valence-electron chi connectivity index (χ0n) is 27.6. The first-order valence-electron chi connectivity index (χ1n) is 16.2. The summed E-state index contributed by atoms with van der Waals surface area (Å²) >= 11 is 6.13. The van der Waals surface area contributed by atoms with Crippen molar-refractivity contribution in [3.63, 3.8) is 0 Å². The number of nitrogens with two attached hydrogens (primary N) is 1. The molecule has 0 radical (unpaired) electrons. The van der Waals surface area contributed by atoms with Gasteiger partial charge in [-0.05, 0) is 85.8 Å². The van der Waals surface area contributed by atoms with Crippen molar-refractivity contribution in [1.82, 2.24) is 9.62 Å². The Morgan fingerprint density at radius 3 is 2.32 bits per heavy atom. The predicted molar refractivity (Wildman–Crippen MR) is 188 cm³/mol. The van der Waals surface area contributed by atoms with E-state index in [2.05, 4.69) is 5.32 Å². The Kier molecular flexibility index (Phi) is 12.0. The lowest BCUT2D eigenvalue weighted by atomic mass is 9.85. The fraction of sp³-hybridized carbons (Fsp3) is 0.297. The van der Waals surface area contributed by atoms with Gasteiger partial charge in [0.25, 0.3) is 5.91 Å². The molecule has 0 bridgehead atoms. The fourth-order valence-electron chi connectivity index (χ4n) is 6.45. The quantitative estimate of drug-likeness (QED) is 0.193. The molecule has 13 heteroatoms. The molecule has 1 aliphatic heterocycles. The van der Waals surface area contributed by atoms with Crippen molar-refractivity contribution in [2.45, 2.75) is 55.1 Å². The molecule has 4 atom stereocenters. The summed E-state index contributed by atoms with van der Waals surface area (Å²) in [5, 5.41) is 3.72. The van der Waals surface area contributed by atoms with E-state index >= 15 is 4.39 Å². The van der Waals surface area contributed by atoms with Gasteiger partial charge in [0.05, 0.1) is 23.7 Å². The Hall–Kier alpha value is -4.20. The lowest BCUT2D eigenvalue weighted by Crippen LogP contribution is -2.58. The number of amides is 2. The zero-order chi connectivity index (χ0) is 36.0. The van der Waals surface area contributed by atoms with Crippen LogP contribution >= 0.6 is 11.6 Å². The number of hydrogen-bond donors (Lipinski definition) is 2. The van der Waals surface area contributed by atoms with Crippen LogP contribution in [0.25, 0.3) is 0 Å². The molecule has 1 saturated heterocycles. The Labute approximate surface area is 296 Å². The smallest absolute Gasteiger partial charge is 0.420 e. The highest BCUT2D eigenvalue weighted by atomic mass is 35.5. The van der Waals surface area contributed by atoms with Gasteiger partial charge in [0, 0.05) is 41.7 Å². The number of nitrogens with one attached hydrogen (secondary N) is 1. The molecular weight excluding hydrogens is 686 g/mol. The van der Waals surface area contributed by atoms with Gasteiger partial charge in [0.2, 0.25) is 10.0 Å². The lowest BCUT2D eigenvalue weighted by Gasteiger charge is -2.40. The van der Waals surface area contributed by atoms with Gasteiger partial charge in [0.1, 0.15) is 11.6 Å². The SMILES string of the molecule is COC(=O)N(C(=O)[C@@H](N)[C@@H](Cc1ccc(F)cc1)c1ccc(Cl)cc1)c1cccc(F)c1CC[C@H]1CNC[C@H](C)N1S(=O)(=O)c1ccccc1. The van der Waals surface area contributed by atoms with Crippen LogP contribution in [0.2, 0.25) is 5.02 Å². The second-order valence-corrected chi connectivity index (χ2v) is 14.5. The first kappa shape index (κ1) is 37.1. The van der Waals surface area contributed by atoms with Gasteiger partial charge in [-0.25, -0.2) is 26.9 Å². The molecule has 0 aliphatic carbocycles. The topological polar surface area (TPSA) is 122 Å². The van der Waals surface area contributed by atoms with Crippen molar-refractivity contribution in [2.24, 2.45) is 5.73 Å². The van der Waals surface area contributed by atoms with E-state index in [0.717, 1.165) is 12.0 Å². The Balaban J connectivity index is 1.48. The standard InChI is InChI=1S/C37H39ClF2N4O5S/c1-24-22-42-23-29(44(24)50(47,48)30-7-4-3-5-8-30)19-20-31-33(40)9-6-10-34(31)43(37(46)49-2)36(45)35(41)32(26-13-15-27(38)16-14-26)21-25-11-17-28(39)18-12-25/h3-18,24,29,32,35,42H,19-23,41H2,1-2H3/t24-,29-,32-,35-/m0/s1. The van der Waals surface area contributed by atoms with Crippen LogP contribution in [0.5, 0.6) is 0 Å². The number of imide groups is 1. The van der Waals surface area contributed by atoms with Crippen LogP contribution < -0.4 is 16.0 Å². The second kappa shape index (κ2) is 16.2. The molecule has 0 spiro atoms. The number of sulfonamides is 1. The Morgan fingerprint density at radius 2 is 1.66 bits per heavy atom. The summed E-state index contributed by atoms with van der Waals surface area (Å²) < 4.78 is 63.5. The summed E-state index contributed by atoms with van der Waals surface area (Å²) in [6.07, 6.45) is -0.716. The van der Waals surface area contributed by atoms with E-state index in [4.69, 9.17) is 22.1 Å². The highest BCUT2D eigenvalue weighted by Gasteiger charge is 2.39. The zero-order valence-corrected chi connectivity index (χ0v) is 29.2. The van der Waals surface area contributed by atoms with Crippen LogP contribution in [0.1, 0.15) is 36.0 Å². The van der Waals surface area contributed by atoms with Crippen molar-refractivity contribution in [2.75, 3.05) is 25.1 Å². The predicted octanol–water partition coefficient (Wildman–Crippen LogP) is 6.06. The highest BCUT2D eigenvalue weighted by molar-refractivity contribution is 7.89. The molecule has 1 heterocycles. The Bertz CT molecular complexity index is 1900. The van der Waals surface area contributed by atoms with Gasteiger partial charge < -0.3 is 15.8 Å². The molecule has 0 aromatic heterocycles. The highest BCUT2D eigenvalue weighted by Crippen LogP contribution is 2.32. The minimum Gasteiger partial charge on any atom is -0.452 e. The number of rotatable bonds is 11. The number of methoxy groups -OCH3 is 1. The van der Waals surface area contributed by atoms with Gasteiger partial charge in [0.15, 0.2) is 0 Å². The van der Waals surface area contributed by atoms with Crippen LogP contribution in [-0.2, 0) is 32.4 Å². The molecule has 1 fully saturated rings. The van der Waals surface area contributed by atoms with Gasteiger partial charge in [-0.1, -0.05) is 60.1 Å². The number of anilines is 1. The number of halogens is 3. The fourth-order valence-corrected chi connectivity index (χ4v) is 8.44. The molecule has 5 rings (SSSR count). The summed E-state index contributed by atoms with van der Waals surface area (Å²) in [6, 6.07) is 22.3. The minimum absolute atomic E-state index is 0.0198. The van der Waals surface area contributed by atoms with Crippen LogP contribution in [0, 0.1) is 11.6 Å². The number of piperazine rings is 1. The number of carbonyl (C=O) groups is 2. The van der Waals surface area contributed by atoms with E-state index in [1.165, 1.54) is 46.8 Å². The van der Waals surface area contributed by atoms with E-state index in [1.54, 1.807) is 61.5 Å². The lowest BCUT2D eigenvalue weighted by molar-refractivity contribution is -0.119. The average Bonchev–Trinajstić information content (AvgIpc) is 3.11. The first-order valence-corrected chi connectivity index (χ1v) is 18.0. The van der Waals surface area contributed by atoms with E-state index in [-0.39, 0.29) is 35.4 Å². The third-order valence-electron chi connectivity index (χ3n) is 8.96. The van der Waals surface area contributed by atoms with Gasteiger partial charge in [-0.3, -0.25) is 4.79 Å². The number of nitrogens with zero attached hydrogens (tertiary/aromatic N) is 2. The minimum atomic E-state index is -3.90. The monoisotopic (exact) mass is 724 g/mol. The summed E-state index contributed by atoms with van der Waals surface area (Å²) in [6.45, 7) is 2.55. The summed E-state index contributed by atoms with van der Waals surface area (Å²) in [5.41, 5.74) is 7.96. The normalized spacial score (nSPS) is 17.9. The first-order chi connectivity index (χ1) is 23.9. The van der Waals surface area contributed by atoms with Crippen molar-refractivity contribution in [3.8, 4) is 0 Å². The maximum absolute atomic E-state index is 15.7. The van der Waals surface area contributed by atoms with E-state index in [0.29, 0.717) is 29.2 Å². The molecule has 0 saturated carbocycles. The molecule has 1 aliphatic rings. The third kappa shape index (κ3) is 8.22. The maximum atomic E-state index is 15.7. The van der Waals surface area contributed by atoms with Gasteiger partial charge in [-0.2, -0.15) is 4.31 Å². The largest absolute Gasteiger partial charge is 0.452 e. The molecule has 4 aromatic rings. The summed E-state index contributed by atoms with van der Waals surface area (Å²) in [4.78, 5) is 28.6. The molecule has 3 N–H and O–H groups in total. The number of hydrogen-bond acceptors (Lipinski definition) is 7. The van der Waals surface area contributed by atoms with E-state index < -0.39 is 57.7 Å². The third-order valence-corrected chi connectivity index (χ3v) is 11.3. The van der Waals surface area contributed by atoms with Crippen LogP contribution in [0.4, 0.5) is 19.3 Å². The van der Waals surface area contributed by atoms with E-state index in [1.807, 2.05) is 0 Å². The average molecular weight is 725 g/mol. The second-order valence-electron chi connectivity index (χ2n) is 12.2. The van der Waals surface area contributed by atoms with E-state index in [9.17, 15) is 22.4 Å². The van der Waals surface area contributed by atoms with Crippen molar-refractivity contribution < 1.29 is 31.5 Å². The summed E-state index contributed by atoms with van der Waals surface area (Å²) in [5.74, 6) is -2.67.